The van der Waals surface area contributed by atoms with Crippen molar-refractivity contribution in [3.05, 3.63) is 95.7 Å². The van der Waals surface area contributed by atoms with Gasteiger partial charge < -0.3 is 5.11 Å². The number of hydrogen-bond donors (Lipinski definition) is 1. The Morgan fingerprint density at radius 1 is 0.897 bits per heavy atom. The highest BCUT2D eigenvalue weighted by Gasteiger charge is 2.41. The molecule has 29 heavy (non-hydrogen) atoms. The molecule has 1 aliphatic rings. The van der Waals surface area contributed by atoms with E-state index in [0.29, 0.717) is 0 Å². The van der Waals surface area contributed by atoms with E-state index in [1.165, 1.54) is 18.4 Å². The molecule has 3 heteroatoms. The summed E-state index contributed by atoms with van der Waals surface area (Å²) in [5.74, 6) is 0.245. The zero-order valence-corrected chi connectivity index (χ0v) is 16.8. The minimum absolute atomic E-state index is 0.245. The SMILES string of the molecule is Cc1ccc(-n2ncc3cc(C(O)(c4ccccc4)C4CCCC4)ccc32)cc1. The second-order valence-corrected chi connectivity index (χ2v) is 8.28. The zero-order valence-electron chi connectivity index (χ0n) is 16.8. The van der Waals surface area contributed by atoms with Crippen LogP contribution in [0, 0.1) is 12.8 Å². The van der Waals surface area contributed by atoms with Gasteiger partial charge in [0.1, 0.15) is 5.60 Å². The van der Waals surface area contributed by atoms with Crippen LogP contribution < -0.4 is 0 Å². The van der Waals surface area contributed by atoms with Gasteiger partial charge in [-0.15, -0.1) is 0 Å². The molecule has 1 atom stereocenters. The van der Waals surface area contributed by atoms with E-state index in [2.05, 4.69) is 66.6 Å². The molecule has 1 fully saturated rings. The lowest BCUT2D eigenvalue weighted by Gasteiger charge is -2.35. The molecular weight excluding hydrogens is 356 g/mol. The summed E-state index contributed by atoms with van der Waals surface area (Å²) in [5.41, 5.74) is 4.32. The Hall–Kier alpha value is -2.91. The molecule has 1 unspecified atom stereocenters. The third-order valence-electron chi connectivity index (χ3n) is 6.45. The molecule has 1 aliphatic carbocycles. The molecule has 0 saturated heterocycles. The second-order valence-electron chi connectivity index (χ2n) is 8.28. The van der Waals surface area contributed by atoms with Crippen molar-refractivity contribution in [2.24, 2.45) is 5.92 Å². The number of rotatable bonds is 4. The van der Waals surface area contributed by atoms with Crippen LogP contribution in [-0.2, 0) is 5.60 Å². The summed E-state index contributed by atoms with van der Waals surface area (Å²) in [6, 6.07) is 24.8. The van der Waals surface area contributed by atoms with Crippen LogP contribution in [0.4, 0.5) is 0 Å². The van der Waals surface area contributed by atoms with Crippen LogP contribution in [0.2, 0.25) is 0 Å². The van der Waals surface area contributed by atoms with E-state index in [-0.39, 0.29) is 5.92 Å². The smallest absolute Gasteiger partial charge is 0.117 e. The van der Waals surface area contributed by atoms with Crippen molar-refractivity contribution in [3.63, 3.8) is 0 Å². The van der Waals surface area contributed by atoms with E-state index < -0.39 is 5.60 Å². The van der Waals surface area contributed by atoms with Crippen LogP contribution in [0.3, 0.4) is 0 Å². The van der Waals surface area contributed by atoms with Gasteiger partial charge in [-0.1, -0.05) is 66.9 Å². The molecule has 0 aliphatic heterocycles. The third-order valence-corrected chi connectivity index (χ3v) is 6.45. The maximum Gasteiger partial charge on any atom is 0.117 e. The lowest BCUT2D eigenvalue weighted by atomic mass is 9.75. The van der Waals surface area contributed by atoms with Crippen LogP contribution in [0.1, 0.15) is 42.4 Å². The fourth-order valence-electron chi connectivity index (χ4n) is 4.84. The quantitative estimate of drug-likeness (QED) is 0.487. The topological polar surface area (TPSA) is 38.0 Å². The molecule has 0 bridgehead atoms. The van der Waals surface area contributed by atoms with Crippen molar-refractivity contribution in [2.75, 3.05) is 0 Å². The second kappa shape index (κ2) is 7.16. The fraction of sp³-hybridized carbons (Fsp3) is 0.269. The first-order valence-electron chi connectivity index (χ1n) is 10.5. The molecule has 0 radical (unpaired) electrons. The Labute approximate surface area is 171 Å². The molecule has 1 N–H and O–H groups in total. The summed E-state index contributed by atoms with van der Waals surface area (Å²) < 4.78 is 1.97. The molecule has 0 amide bonds. The molecule has 5 rings (SSSR count). The number of aliphatic hydroxyl groups is 1. The van der Waals surface area contributed by atoms with Crippen LogP contribution in [0.5, 0.6) is 0 Å². The summed E-state index contributed by atoms with van der Waals surface area (Å²) in [4.78, 5) is 0. The number of nitrogens with zero attached hydrogens (tertiary/aromatic N) is 2. The lowest BCUT2D eigenvalue weighted by molar-refractivity contribution is 0.0190. The van der Waals surface area contributed by atoms with E-state index in [4.69, 9.17) is 0 Å². The molecular formula is C26H26N2O. The molecule has 0 spiro atoms. The molecule has 146 valence electrons. The Kier molecular flexibility index (Phi) is 4.48. The van der Waals surface area contributed by atoms with Crippen molar-refractivity contribution in [1.29, 1.82) is 0 Å². The van der Waals surface area contributed by atoms with Crippen molar-refractivity contribution < 1.29 is 5.11 Å². The molecule has 1 saturated carbocycles. The van der Waals surface area contributed by atoms with Crippen molar-refractivity contribution >= 4 is 10.9 Å². The largest absolute Gasteiger partial charge is 0.380 e. The fourth-order valence-corrected chi connectivity index (χ4v) is 4.84. The maximum atomic E-state index is 12.0. The summed E-state index contributed by atoms with van der Waals surface area (Å²) in [7, 11) is 0. The van der Waals surface area contributed by atoms with E-state index >= 15 is 0 Å². The Morgan fingerprint density at radius 3 is 2.34 bits per heavy atom. The lowest BCUT2D eigenvalue weighted by Crippen LogP contribution is -2.35. The summed E-state index contributed by atoms with van der Waals surface area (Å²) >= 11 is 0. The Balaban J connectivity index is 1.62. The average Bonchev–Trinajstić information content (AvgIpc) is 3.44. The van der Waals surface area contributed by atoms with Gasteiger partial charge in [0.25, 0.3) is 0 Å². The monoisotopic (exact) mass is 382 g/mol. The molecule has 4 aromatic rings. The van der Waals surface area contributed by atoms with Gasteiger partial charge in [-0.25, -0.2) is 4.68 Å². The molecule has 3 nitrogen and oxygen atoms in total. The van der Waals surface area contributed by atoms with Gasteiger partial charge in [-0.05, 0) is 61.1 Å². The maximum absolute atomic E-state index is 12.0. The van der Waals surface area contributed by atoms with Gasteiger partial charge in [0, 0.05) is 5.39 Å². The normalized spacial score (nSPS) is 16.9. The number of fused-ring (bicyclic) bond motifs is 1. The van der Waals surface area contributed by atoms with E-state index in [1.54, 1.807) is 0 Å². The first kappa shape index (κ1) is 18.1. The predicted molar refractivity (Wildman–Crippen MR) is 117 cm³/mol. The summed E-state index contributed by atoms with van der Waals surface area (Å²) in [6.45, 7) is 2.09. The Morgan fingerprint density at radius 2 is 1.62 bits per heavy atom. The van der Waals surface area contributed by atoms with Crippen molar-refractivity contribution in [1.82, 2.24) is 9.78 Å². The van der Waals surface area contributed by atoms with Crippen LogP contribution in [-0.4, -0.2) is 14.9 Å². The number of benzene rings is 3. The first-order chi connectivity index (χ1) is 14.2. The van der Waals surface area contributed by atoms with E-state index in [0.717, 1.165) is 40.6 Å². The van der Waals surface area contributed by atoms with Gasteiger partial charge in [-0.2, -0.15) is 5.10 Å². The summed E-state index contributed by atoms with van der Waals surface area (Å²) in [5, 5.41) is 17.7. The van der Waals surface area contributed by atoms with Gasteiger partial charge >= 0.3 is 0 Å². The standard InChI is InChI=1S/C26H26N2O/c1-19-11-14-24(15-12-19)28-25-16-13-23(17-20(25)18-27-28)26(29,22-9-5-6-10-22)21-7-3-2-4-8-21/h2-4,7-8,11-18,22,29H,5-6,9-10H2,1H3. The highest BCUT2D eigenvalue weighted by Crippen LogP contribution is 2.45. The summed E-state index contributed by atoms with van der Waals surface area (Å²) in [6.07, 6.45) is 6.40. The van der Waals surface area contributed by atoms with Gasteiger partial charge in [0.2, 0.25) is 0 Å². The minimum atomic E-state index is -0.960. The van der Waals surface area contributed by atoms with Crippen molar-refractivity contribution in [2.45, 2.75) is 38.2 Å². The molecule has 3 aromatic carbocycles. The minimum Gasteiger partial charge on any atom is -0.380 e. The van der Waals surface area contributed by atoms with E-state index in [9.17, 15) is 5.11 Å². The number of aromatic nitrogens is 2. The first-order valence-corrected chi connectivity index (χ1v) is 10.5. The van der Waals surface area contributed by atoms with E-state index in [1.807, 2.05) is 29.1 Å². The molecule has 1 aromatic heterocycles. The number of aryl methyl sites for hydroxylation is 1. The third kappa shape index (κ3) is 3.06. The van der Waals surface area contributed by atoms with Crippen molar-refractivity contribution in [3.8, 4) is 5.69 Å². The highest BCUT2D eigenvalue weighted by molar-refractivity contribution is 5.81. The molecule has 1 heterocycles. The number of hydrogen-bond acceptors (Lipinski definition) is 2. The van der Waals surface area contributed by atoms with Gasteiger partial charge in [0.05, 0.1) is 17.4 Å². The highest BCUT2D eigenvalue weighted by atomic mass is 16.3. The predicted octanol–water partition coefficient (Wildman–Crippen LogP) is 5.76. The van der Waals surface area contributed by atoms with Crippen LogP contribution in [0.15, 0.2) is 79.0 Å². The van der Waals surface area contributed by atoms with Crippen LogP contribution >= 0.6 is 0 Å². The average molecular weight is 383 g/mol. The van der Waals surface area contributed by atoms with Crippen LogP contribution in [0.25, 0.3) is 16.6 Å². The Bertz CT molecular complexity index is 1120. The zero-order chi connectivity index (χ0) is 19.8. The van der Waals surface area contributed by atoms with Gasteiger partial charge in [-0.3, -0.25) is 0 Å². The van der Waals surface area contributed by atoms with Gasteiger partial charge in [0.15, 0.2) is 0 Å².